The second-order valence-electron chi connectivity index (χ2n) is 5.26. The van der Waals surface area contributed by atoms with Crippen LogP contribution in [0.15, 0.2) is 24.3 Å². The average Bonchev–Trinajstić information content (AvgIpc) is 2.99. The zero-order chi connectivity index (χ0) is 12.9. The number of carbonyl (C=O) groups excluding carboxylic acids is 1. The number of carbonyl (C=O) groups is 1. The van der Waals surface area contributed by atoms with E-state index in [4.69, 9.17) is 23.2 Å². The lowest BCUT2D eigenvalue weighted by Crippen LogP contribution is -2.38. The molecule has 1 aromatic carbocycles. The molecule has 1 aliphatic carbocycles. The maximum Gasteiger partial charge on any atom is 0.233 e. The first kappa shape index (κ1) is 12.3. The fourth-order valence-corrected chi connectivity index (χ4v) is 3.14. The predicted molar refractivity (Wildman–Crippen MR) is 74.4 cm³/mol. The summed E-state index contributed by atoms with van der Waals surface area (Å²) in [6.45, 7) is 2.96. The standard InChI is InChI=1S/C14H15Cl2NO/c1-9-6-7-17(12-5-3-2-4-10(9)12)13(18)11-8-14(11,15)16/h2-5,9,11H,6-8H2,1H3. The number of fused-ring (bicyclic) bond motifs is 1. The van der Waals surface area contributed by atoms with Crippen molar-refractivity contribution < 1.29 is 4.79 Å². The molecule has 1 aromatic rings. The molecule has 4 heteroatoms. The van der Waals surface area contributed by atoms with Gasteiger partial charge in [-0.05, 0) is 30.4 Å². The maximum absolute atomic E-state index is 12.4. The minimum absolute atomic E-state index is 0.0688. The number of hydrogen-bond acceptors (Lipinski definition) is 1. The Balaban J connectivity index is 1.91. The van der Waals surface area contributed by atoms with Crippen molar-refractivity contribution >= 4 is 34.8 Å². The zero-order valence-corrected chi connectivity index (χ0v) is 11.7. The van der Waals surface area contributed by atoms with Crippen molar-refractivity contribution in [3.63, 3.8) is 0 Å². The smallest absolute Gasteiger partial charge is 0.233 e. The molecular formula is C14H15Cl2NO. The molecule has 0 N–H and O–H groups in total. The quantitative estimate of drug-likeness (QED) is 0.720. The van der Waals surface area contributed by atoms with Gasteiger partial charge in [-0.1, -0.05) is 25.1 Å². The van der Waals surface area contributed by atoms with Crippen molar-refractivity contribution in [2.75, 3.05) is 11.4 Å². The summed E-state index contributed by atoms with van der Waals surface area (Å²) in [5.41, 5.74) is 2.27. The summed E-state index contributed by atoms with van der Waals surface area (Å²) >= 11 is 12.0. The molecular weight excluding hydrogens is 269 g/mol. The van der Waals surface area contributed by atoms with Gasteiger partial charge in [0.15, 0.2) is 0 Å². The van der Waals surface area contributed by atoms with E-state index in [0.717, 1.165) is 18.7 Å². The van der Waals surface area contributed by atoms with Gasteiger partial charge in [0.25, 0.3) is 0 Å². The lowest BCUT2D eigenvalue weighted by Gasteiger charge is -2.33. The zero-order valence-electron chi connectivity index (χ0n) is 10.2. The fourth-order valence-electron chi connectivity index (χ4n) is 2.65. The summed E-state index contributed by atoms with van der Waals surface area (Å²) in [6, 6.07) is 8.10. The van der Waals surface area contributed by atoms with Crippen LogP contribution in [-0.4, -0.2) is 16.8 Å². The molecule has 3 rings (SSSR count). The van der Waals surface area contributed by atoms with Crippen molar-refractivity contribution in [2.24, 2.45) is 5.92 Å². The molecule has 0 radical (unpaired) electrons. The van der Waals surface area contributed by atoms with Crippen molar-refractivity contribution in [1.82, 2.24) is 0 Å². The largest absolute Gasteiger partial charge is 0.312 e. The second-order valence-corrected chi connectivity index (χ2v) is 6.80. The van der Waals surface area contributed by atoms with Gasteiger partial charge in [0, 0.05) is 12.2 Å². The van der Waals surface area contributed by atoms with Crippen LogP contribution >= 0.6 is 23.2 Å². The molecule has 1 fully saturated rings. The molecule has 0 spiro atoms. The summed E-state index contributed by atoms with van der Waals surface area (Å²) in [7, 11) is 0. The predicted octanol–water partition coefficient (Wildman–Crippen LogP) is 3.72. The number of hydrogen-bond donors (Lipinski definition) is 0. The van der Waals surface area contributed by atoms with Crippen LogP contribution in [-0.2, 0) is 4.79 Å². The number of halogens is 2. The Hall–Kier alpha value is -0.730. The van der Waals surface area contributed by atoms with Crippen LogP contribution in [0, 0.1) is 5.92 Å². The topological polar surface area (TPSA) is 20.3 Å². The van der Waals surface area contributed by atoms with E-state index in [1.165, 1.54) is 5.56 Å². The molecule has 2 unspecified atom stereocenters. The van der Waals surface area contributed by atoms with E-state index >= 15 is 0 Å². The van der Waals surface area contributed by atoms with Gasteiger partial charge in [0.05, 0.1) is 5.92 Å². The molecule has 0 bridgehead atoms. The number of anilines is 1. The van der Waals surface area contributed by atoms with Crippen LogP contribution in [0.5, 0.6) is 0 Å². The Morgan fingerprint density at radius 3 is 2.72 bits per heavy atom. The minimum Gasteiger partial charge on any atom is -0.312 e. The summed E-state index contributed by atoms with van der Waals surface area (Å²) in [5, 5.41) is 0. The van der Waals surface area contributed by atoms with Crippen molar-refractivity contribution in [3.05, 3.63) is 29.8 Å². The Bertz CT molecular complexity index is 500. The molecule has 2 nitrogen and oxygen atoms in total. The third kappa shape index (κ3) is 1.92. The third-order valence-electron chi connectivity index (χ3n) is 3.93. The number of rotatable bonds is 1. The fraction of sp³-hybridized carbons (Fsp3) is 0.500. The van der Waals surface area contributed by atoms with Crippen LogP contribution in [0.2, 0.25) is 0 Å². The van der Waals surface area contributed by atoms with E-state index < -0.39 is 4.33 Å². The lowest BCUT2D eigenvalue weighted by atomic mass is 9.91. The van der Waals surface area contributed by atoms with Gasteiger partial charge in [-0.2, -0.15) is 0 Å². The van der Waals surface area contributed by atoms with Gasteiger partial charge in [-0.25, -0.2) is 0 Å². The Labute approximate surface area is 117 Å². The van der Waals surface area contributed by atoms with Crippen LogP contribution < -0.4 is 4.90 Å². The van der Waals surface area contributed by atoms with Gasteiger partial charge in [-0.15, -0.1) is 23.2 Å². The average molecular weight is 284 g/mol. The number of para-hydroxylation sites is 1. The highest BCUT2D eigenvalue weighted by molar-refractivity contribution is 6.52. The van der Waals surface area contributed by atoms with E-state index in [1.807, 2.05) is 23.1 Å². The van der Waals surface area contributed by atoms with Crippen LogP contribution in [0.25, 0.3) is 0 Å². The summed E-state index contributed by atoms with van der Waals surface area (Å²) < 4.78 is -0.838. The number of benzene rings is 1. The molecule has 0 saturated heterocycles. The first-order valence-electron chi connectivity index (χ1n) is 6.29. The van der Waals surface area contributed by atoms with Crippen molar-refractivity contribution in [1.29, 1.82) is 0 Å². The van der Waals surface area contributed by atoms with E-state index in [9.17, 15) is 4.79 Å². The highest BCUT2D eigenvalue weighted by Crippen LogP contribution is 2.54. The summed E-state index contributed by atoms with van der Waals surface area (Å²) in [5.74, 6) is 0.336. The van der Waals surface area contributed by atoms with Gasteiger partial charge in [0.1, 0.15) is 4.33 Å². The van der Waals surface area contributed by atoms with E-state index in [0.29, 0.717) is 12.3 Å². The summed E-state index contributed by atoms with van der Waals surface area (Å²) in [4.78, 5) is 14.3. The summed E-state index contributed by atoms with van der Waals surface area (Å²) in [6.07, 6.45) is 1.57. The van der Waals surface area contributed by atoms with Gasteiger partial charge in [0.2, 0.25) is 5.91 Å². The number of alkyl halides is 2. The van der Waals surface area contributed by atoms with Crippen LogP contribution in [0.1, 0.15) is 31.2 Å². The Morgan fingerprint density at radius 1 is 1.39 bits per heavy atom. The normalized spacial score (nSPS) is 28.7. The van der Waals surface area contributed by atoms with Crippen molar-refractivity contribution in [2.45, 2.75) is 30.0 Å². The first-order valence-corrected chi connectivity index (χ1v) is 7.04. The van der Waals surface area contributed by atoms with Gasteiger partial charge in [-0.3, -0.25) is 4.79 Å². The Morgan fingerprint density at radius 2 is 2.06 bits per heavy atom. The molecule has 1 amide bonds. The lowest BCUT2D eigenvalue weighted by molar-refractivity contribution is -0.119. The molecule has 18 heavy (non-hydrogen) atoms. The third-order valence-corrected chi connectivity index (χ3v) is 4.77. The first-order chi connectivity index (χ1) is 8.50. The molecule has 96 valence electrons. The molecule has 0 aromatic heterocycles. The second kappa shape index (κ2) is 4.14. The van der Waals surface area contributed by atoms with Gasteiger partial charge < -0.3 is 4.90 Å². The molecule has 1 aliphatic heterocycles. The van der Waals surface area contributed by atoms with E-state index in [2.05, 4.69) is 13.0 Å². The molecule has 2 aliphatic rings. The highest BCUT2D eigenvalue weighted by Gasteiger charge is 2.57. The maximum atomic E-state index is 12.4. The van der Waals surface area contributed by atoms with Crippen LogP contribution in [0.3, 0.4) is 0 Å². The molecule has 1 heterocycles. The van der Waals surface area contributed by atoms with E-state index in [-0.39, 0.29) is 11.8 Å². The SMILES string of the molecule is CC1CCN(C(=O)C2CC2(Cl)Cl)c2ccccc21. The van der Waals surface area contributed by atoms with E-state index in [1.54, 1.807) is 0 Å². The number of nitrogens with zero attached hydrogens (tertiary/aromatic N) is 1. The Kier molecular flexibility index (Phi) is 2.83. The van der Waals surface area contributed by atoms with Crippen LogP contribution in [0.4, 0.5) is 5.69 Å². The molecule has 1 saturated carbocycles. The molecule has 2 atom stereocenters. The monoisotopic (exact) mass is 283 g/mol. The highest BCUT2D eigenvalue weighted by atomic mass is 35.5. The van der Waals surface area contributed by atoms with Gasteiger partial charge >= 0.3 is 0 Å². The van der Waals surface area contributed by atoms with Crippen molar-refractivity contribution in [3.8, 4) is 0 Å². The minimum atomic E-state index is -0.838. The number of amides is 1.